The highest BCUT2D eigenvalue weighted by Crippen LogP contribution is 2.19. The van der Waals surface area contributed by atoms with Gasteiger partial charge in [-0.25, -0.2) is 17.9 Å². The molecule has 2 aromatic rings. The van der Waals surface area contributed by atoms with Crippen LogP contribution in [-0.2, 0) is 16.6 Å². The van der Waals surface area contributed by atoms with E-state index in [0.717, 1.165) is 12.1 Å². The lowest BCUT2D eigenvalue weighted by molar-refractivity contribution is 0.0692. The number of aromatic nitrogens is 1. The van der Waals surface area contributed by atoms with Gasteiger partial charge in [-0.2, -0.15) is 0 Å². The third kappa shape index (κ3) is 2.95. The molecule has 0 fully saturated rings. The van der Waals surface area contributed by atoms with Crippen molar-refractivity contribution in [3.05, 3.63) is 41.8 Å². The van der Waals surface area contributed by atoms with E-state index in [-0.39, 0.29) is 17.1 Å². The van der Waals surface area contributed by atoms with Gasteiger partial charge in [0.25, 0.3) is 0 Å². The average molecular weight is 297 g/mol. The van der Waals surface area contributed by atoms with Gasteiger partial charge in [0.05, 0.1) is 23.2 Å². The van der Waals surface area contributed by atoms with E-state index >= 15 is 0 Å². The largest absolute Gasteiger partial charge is 0.478 e. The van der Waals surface area contributed by atoms with Gasteiger partial charge in [-0.3, -0.25) is 0 Å². The summed E-state index contributed by atoms with van der Waals surface area (Å²) in [6.45, 7) is -0.133. The van der Waals surface area contributed by atoms with Crippen LogP contribution in [0, 0.1) is 0 Å². The summed E-state index contributed by atoms with van der Waals surface area (Å²) in [7, 11) is -4.00. The molecular weight excluding hydrogens is 286 g/mol. The van der Waals surface area contributed by atoms with Crippen molar-refractivity contribution in [3.8, 4) is 0 Å². The Labute approximate surface area is 114 Å². The molecule has 9 heteroatoms. The molecule has 1 aromatic carbocycles. The number of rotatable bonds is 5. The maximum atomic E-state index is 12.1. The topological polar surface area (TPSA) is 136 Å². The highest BCUT2D eigenvalue weighted by molar-refractivity contribution is 7.89. The van der Waals surface area contributed by atoms with Gasteiger partial charge in [0.1, 0.15) is 0 Å². The third-order valence-corrected chi connectivity index (χ3v) is 3.91. The molecule has 0 spiro atoms. The molecule has 4 N–H and O–H groups in total. The number of nitrogen functional groups attached to an aromatic ring is 1. The highest BCUT2D eigenvalue weighted by Gasteiger charge is 2.22. The normalized spacial score (nSPS) is 11.4. The molecule has 2 rings (SSSR count). The number of nitrogens with one attached hydrogen (secondary N) is 1. The second-order valence-corrected chi connectivity index (χ2v) is 5.60. The Morgan fingerprint density at radius 2 is 2.15 bits per heavy atom. The van der Waals surface area contributed by atoms with E-state index in [1.807, 2.05) is 0 Å². The monoisotopic (exact) mass is 297 g/mol. The molecular formula is C11H11N3O5S. The molecule has 1 heterocycles. The molecule has 0 atom stereocenters. The molecule has 8 nitrogen and oxygen atoms in total. The first-order valence-corrected chi connectivity index (χ1v) is 6.90. The minimum Gasteiger partial charge on any atom is -0.478 e. The van der Waals surface area contributed by atoms with Crippen LogP contribution in [0.3, 0.4) is 0 Å². The van der Waals surface area contributed by atoms with E-state index < -0.39 is 21.6 Å². The van der Waals surface area contributed by atoms with Crippen molar-refractivity contribution in [1.29, 1.82) is 0 Å². The Morgan fingerprint density at radius 1 is 1.40 bits per heavy atom. The molecule has 0 saturated carbocycles. The lowest BCUT2D eigenvalue weighted by Crippen LogP contribution is -2.25. The van der Waals surface area contributed by atoms with Gasteiger partial charge >= 0.3 is 5.97 Å². The number of sulfonamides is 1. The Hall–Kier alpha value is -2.39. The number of nitrogens with zero attached hydrogens (tertiary/aromatic N) is 1. The standard InChI is InChI=1S/C11H11N3O5S/c12-7-1-2-10(9(5-7)11(15)16)20(17,18)14-6-8-3-4-13-19-8/h1-5,14H,6,12H2,(H,15,16). The average Bonchev–Trinajstić information content (AvgIpc) is 2.89. The maximum Gasteiger partial charge on any atom is 0.337 e. The van der Waals surface area contributed by atoms with E-state index in [4.69, 9.17) is 15.4 Å². The van der Waals surface area contributed by atoms with Crippen LogP contribution < -0.4 is 10.5 Å². The number of carboxylic acids is 1. The summed E-state index contributed by atoms with van der Waals surface area (Å²) < 4.78 is 31.1. The fraction of sp³-hybridized carbons (Fsp3) is 0.0909. The van der Waals surface area contributed by atoms with Gasteiger partial charge in [-0.15, -0.1) is 0 Å². The van der Waals surface area contributed by atoms with Gasteiger partial charge in [0, 0.05) is 11.8 Å². The summed E-state index contributed by atoms with van der Waals surface area (Å²) in [5.41, 5.74) is 5.23. The van der Waals surface area contributed by atoms with Crippen LogP contribution in [-0.4, -0.2) is 24.7 Å². The molecule has 0 aliphatic heterocycles. The minimum atomic E-state index is -4.00. The smallest absolute Gasteiger partial charge is 0.337 e. The predicted octanol–water partition coefficient (Wildman–Crippen LogP) is 0.433. The van der Waals surface area contributed by atoms with Gasteiger partial charge in [0.15, 0.2) is 5.76 Å². The first-order valence-electron chi connectivity index (χ1n) is 5.42. The second kappa shape index (κ2) is 5.31. The van der Waals surface area contributed by atoms with Crippen LogP contribution in [0.4, 0.5) is 5.69 Å². The Bertz CT molecular complexity index is 725. The molecule has 1 aromatic heterocycles. The molecule has 0 radical (unpaired) electrons. The van der Waals surface area contributed by atoms with Gasteiger partial charge < -0.3 is 15.4 Å². The molecule has 0 aliphatic carbocycles. The van der Waals surface area contributed by atoms with Crippen LogP contribution in [0.1, 0.15) is 16.1 Å². The first kappa shape index (κ1) is 14.0. The minimum absolute atomic E-state index is 0.133. The molecule has 20 heavy (non-hydrogen) atoms. The molecule has 0 amide bonds. The highest BCUT2D eigenvalue weighted by atomic mass is 32.2. The van der Waals surface area contributed by atoms with Gasteiger partial charge in [0.2, 0.25) is 10.0 Å². The number of hydrogen-bond acceptors (Lipinski definition) is 6. The van der Waals surface area contributed by atoms with Crippen LogP contribution in [0.2, 0.25) is 0 Å². The molecule has 0 aliphatic rings. The van der Waals surface area contributed by atoms with Crippen LogP contribution in [0.5, 0.6) is 0 Å². The second-order valence-electron chi connectivity index (χ2n) is 3.86. The van der Waals surface area contributed by atoms with Crippen molar-refractivity contribution in [2.45, 2.75) is 11.4 Å². The zero-order valence-corrected chi connectivity index (χ0v) is 10.9. The molecule has 106 valence electrons. The third-order valence-electron chi connectivity index (χ3n) is 2.45. The summed E-state index contributed by atoms with van der Waals surface area (Å²) in [5.74, 6) is -1.07. The Morgan fingerprint density at radius 3 is 2.75 bits per heavy atom. The van der Waals surface area contributed by atoms with E-state index in [2.05, 4.69) is 9.88 Å². The van der Waals surface area contributed by atoms with E-state index in [1.165, 1.54) is 18.3 Å². The number of carbonyl (C=O) groups is 1. The SMILES string of the molecule is Nc1ccc(S(=O)(=O)NCc2ccno2)c(C(=O)O)c1. The fourth-order valence-electron chi connectivity index (χ4n) is 1.53. The summed E-state index contributed by atoms with van der Waals surface area (Å²) in [4.78, 5) is 10.7. The van der Waals surface area contributed by atoms with E-state index in [1.54, 1.807) is 0 Å². The van der Waals surface area contributed by atoms with Gasteiger partial charge in [-0.05, 0) is 18.2 Å². The lowest BCUT2D eigenvalue weighted by atomic mass is 10.2. The van der Waals surface area contributed by atoms with Crippen molar-refractivity contribution in [3.63, 3.8) is 0 Å². The van der Waals surface area contributed by atoms with Crippen molar-refractivity contribution in [2.75, 3.05) is 5.73 Å². The number of aromatic carboxylic acids is 1. The van der Waals surface area contributed by atoms with Crippen LogP contribution in [0.25, 0.3) is 0 Å². The summed E-state index contributed by atoms with van der Waals surface area (Å²) >= 11 is 0. The van der Waals surface area contributed by atoms with E-state index in [9.17, 15) is 13.2 Å². The van der Waals surface area contributed by atoms with E-state index in [0.29, 0.717) is 5.76 Å². The summed E-state index contributed by atoms with van der Waals surface area (Å²) in [6.07, 6.45) is 1.37. The maximum absolute atomic E-state index is 12.1. The van der Waals surface area contributed by atoms with Crippen LogP contribution >= 0.6 is 0 Å². The zero-order valence-electron chi connectivity index (χ0n) is 10.1. The van der Waals surface area contributed by atoms with Crippen molar-refractivity contribution >= 4 is 21.7 Å². The molecule has 0 saturated heterocycles. The first-order chi connectivity index (χ1) is 9.40. The number of anilines is 1. The zero-order chi connectivity index (χ0) is 14.8. The van der Waals surface area contributed by atoms with Crippen molar-refractivity contribution < 1.29 is 22.8 Å². The van der Waals surface area contributed by atoms with Crippen molar-refractivity contribution in [1.82, 2.24) is 9.88 Å². The number of nitrogens with two attached hydrogens (primary N) is 1. The molecule has 0 bridgehead atoms. The van der Waals surface area contributed by atoms with Crippen LogP contribution in [0.15, 0.2) is 39.9 Å². The summed E-state index contributed by atoms with van der Waals surface area (Å²) in [5, 5.41) is 12.5. The Balaban J connectivity index is 2.31. The fourth-order valence-corrected chi connectivity index (χ4v) is 2.70. The predicted molar refractivity (Wildman–Crippen MR) is 68.3 cm³/mol. The number of hydrogen-bond donors (Lipinski definition) is 3. The Kier molecular flexibility index (Phi) is 3.72. The quantitative estimate of drug-likeness (QED) is 0.681. The molecule has 0 unspecified atom stereocenters. The van der Waals surface area contributed by atoms with Gasteiger partial charge in [-0.1, -0.05) is 5.16 Å². The lowest BCUT2D eigenvalue weighted by Gasteiger charge is -2.08. The summed E-state index contributed by atoms with van der Waals surface area (Å²) in [6, 6.07) is 5.03. The number of benzene rings is 1. The van der Waals surface area contributed by atoms with Crippen molar-refractivity contribution in [2.24, 2.45) is 0 Å². The number of carboxylic acid groups (broad SMARTS) is 1.